The molecule has 0 radical (unpaired) electrons. The van der Waals surface area contributed by atoms with Crippen molar-refractivity contribution >= 4 is 11.6 Å². The van der Waals surface area contributed by atoms with Crippen LogP contribution in [0.1, 0.15) is 55.7 Å². The van der Waals surface area contributed by atoms with Crippen molar-refractivity contribution in [3.8, 4) is 0 Å². The van der Waals surface area contributed by atoms with Crippen LogP contribution in [0.25, 0.3) is 0 Å². The van der Waals surface area contributed by atoms with E-state index in [4.69, 9.17) is 0 Å². The third kappa shape index (κ3) is 3.61. The number of benzene rings is 1. The molecule has 22 heavy (non-hydrogen) atoms. The summed E-state index contributed by atoms with van der Waals surface area (Å²) in [5.74, 6) is 0.118. The molecule has 0 atom stereocenters. The van der Waals surface area contributed by atoms with E-state index in [1.807, 2.05) is 38.1 Å². The number of carbonyl (C=O) groups is 1. The molecule has 0 unspecified atom stereocenters. The van der Waals surface area contributed by atoms with Crippen molar-refractivity contribution in [2.45, 2.75) is 39.7 Å². The summed E-state index contributed by atoms with van der Waals surface area (Å²) in [4.78, 5) is 23.9. The highest BCUT2D eigenvalue weighted by molar-refractivity contribution is 6.02. The lowest BCUT2D eigenvalue weighted by Gasteiger charge is -2.11. The van der Waals surface area contributed by atoms with Crippen LogP contribution < -0.4 is 10.9 Å². The average Bonchev–Trinajstić information content (AvgIpc) is 2.47. The van der Waals surface area contributed by atoms with Crippen LogP contribution in [0.4, 0.5) is 5.69 Å². The number of nitrogens with zero attached hydrogens (tertiary/aromatic N) is 2. The number of anilines is 1. The summed E-state index contributed by atoms with van der Waals surface area (Å²) in [5, 5.41) is 6.90. The molecular formula is C17H21N3O2. The van der Waals surface area contributed by atoms with E-state index >= 15 is 0 Å². The molecule has 1 aromatic heterocycles. The Morgan fingerprint density at radius 2 is 1.68 bits per heavy atom. The number of amides is 1. The first-order valence-electron chi connectivity index (χ1n) is 7.39. The van der Waals surface area contributed by atoms with E-state index < -0.39 is 0 Å². The zero-order valence-electron chi connectivity index (χ0n) is 13.3. The predicted octanol–water partition coefficient (Wildman–Crippen LogP) is 3.20. The van der Waals surface area contributed by atoms with Gasteiger partial charge in [0.05, 0.1) is 6.04 Å². The summed E-state index contributed by atoms with van der Waals surface area (Å²) < 4.78 is 1.30. The van der Waals surface area contributed by atoms with E-state index in [2.05, 4.69) is 24.3 Å². The van der Waals surface area contributed by atoms with Gasteiger partial charge >= 0.3 is 0 Å². The lowest BCUT2D eigenvalue weighted by atomic mass is 10.0. The van der Waals surface area contributed by atoms with E-state index in [9.17, 15) is 9.59 Å². The molecule has 1 heterocycles. The minimum atomic E-state index is -0.327. The van der Waals surface area contributed by atoms with Crippen molar-refractivity contribution in [3.63, 3.8) is 0 Å². The molecule has 0 aliphatic rings. The summed E-state index contributed by atoms with van der Waals surface area (Å²) in [6.45, 7) is 7.93. The highest BCUT2D eigenvalue weighted by Gasteiger charge is 2.11. The van der Waals surface area contributed by atoms with Crippen molar-refractivity contribution in [3.05, 3.63) is 58.0 Å². The highest BCUT2D eigenvalue weighted by Crippen LogP contribution is 2.17. The van der Waals surface area contributed by atoms with Crippen LogP contribution >= 0.6 is 0 Å². The SMILES string of the molecule is CC(C)c1ccc(NC(=O)c2ccc(=O)n(C(C)C)n2)cc1. The summed E-state index contributed by atoms with van der Waals surface area (Å²) in [6, 6.07) is 10.4. The van der Waals surface area contributed by atoms with Gasteiger partial charge in [0.2, 0.25) is 0 Å². The molecule has 0 bridgehead atoms. The van der Waals surface area contributed by atoms with E-state index in [0.29, 0.717) is 11.6 Å². The smallest absolute Gasteiger partial charge is 0.276 e. The standard InChI is InChI=1S/C17H21N3O2/c1-11(2)13-5-7-14(8-6-13)18-17(22)15-9-10-16(21)20(19-15)12(3)4/h5-12H,1-4H3,(H,18,22). The Labute approximate surface area is 130 Å². The van der Waals surface area contributed by atoms with Gasteiger partial charge in [0, 0.05) is 11.8 Å². The van der Waals surface area contributed by atoms with Crippen LogP contribution in [0, 0.1) is 0 Å². The van der Waals surface area contributed by atoms with E-state index in [1.54, 1.807) is 0 Å². The first kappa shape index (κ1) is 15.9. The van der Waals surface area contributed by atoms with Crippen molar-refractivity contribution < 1.29 is 4.79 Å². The molecule has 2 aromatic rings. The summed E-state index contributed by atoms with van der Waals surface area (Å²) in [5.41, 5.74) is 1.93. The maximum atomic E-state index is 12.2. The van der Waals surface area contributed by atoms with Gasteiger partial charge in [-0.3, -0.25) is 9.59 Å². The molecule has 1 N–H and O–H groups in total. The van der Waals surface area contributed by atoms with Crippen LogP contribution in [0.5, 0.6) is 0 Å². The second-order valence-electron chi connectivity index (χ2n) is 5.83. The summed E-state index contributed by atoms with van der Waals surface area (Å²) in [6.07, 6.45) is 0. The molecule has 5 nitrogen and oxygen atoms in total. The van der Waals surface area contributed by atoms with Gasteiger partial charge in [-0.1, -0.05) is 26.0 Å². The lowest BCUT2D eigenvalue weighted by Crippen LogP contribution is -2.27. The molecular weight excluding hydrogens is 278 g/mol. The lowest BCUT2D eigenvalue weighted by molar-refractivity contribution is 0.101. The Morgan fingerprint density at radius 1 is 1.05 bits per heavy atom. The Hall–Kier alpha value is -2.43. The second-order valence-corrected chi connectivity index (χ2v) is 5.83. The number of hydrogen-bond donors (Lipinski definition) is 1. The van der Waals surface area contributed by atoms with Gasteiger partial charge in [0.25, 0.3) is 11.5 Å². The predicted molar refractivity (Wildman–Crippen MR) is 87.4 cm³/mol. The van der Waals surface area contributed by atoms with E-state index in [0.717, 1.165) is 0 Å². The number of aromatic nitrogens is 2. The summed E-state index contributed by atoms with van der Waals surface area (Å²) in [7, 11) is 0. The van der Waals surface area contributed by atoms with Gasteiger partial charge in [0.1, 0.15) is 5.69 Å². The van der Waals surface area contributed by atoms with Gasteiger partial charge in [0.15, 0.2) is 0 Å². The first-order valence-corrected chi connectivity index (χ1v) is 7.39. The Kier molecular flexibility index (Phi) is 4.75. The summed E-state index contributed by atoms with van der Waals surface area (Å²) >= 11 is 0. The minimum Gasteiger partial charge on any atom is -0.321 e. The monoisotopic (exact) mass is 299 g/mol. The molecule has 0 aliphatic carbocycles. The number of hydrogen-bond acceptors (Lipinski definition) is 3. The van der Waals surface area contributed by atoms with Crippen molar-refractivity contribution in [2.75, 3.05) is 5.32 Å². The topological polar surface area (TPSA) is 64.0 Å². The van der Waals surface area contributed by atoms with Crippen LogP contribution in [0.3, 0.4) is 0 Å². The fraction of sp³-hybridized carbons (Fsp3) is 0.353. The average molecular weight is 299 g/mol. The Bertz CT molecular complexity index is 715. The molecule has 2 rings (SSSR count). The normalized spacial score (nSPS) is 11.0. The zero-order chi connectivity index (χ0) is 16.3. The molecule has 0 aliphatic heterocycles. The maximum absolute atomic E-state index is 12.2. The van der Waals surface area contributed by atoms with Gasteiger partial charge in [-0.15, -0.1) is 0 Å². The number of rotatable bonds is 4. The third-order valence-electron chi connectivity index (χ3n) is 3.38. The van der Waals surface area contributed by atoms with Crippen LogP contribution in [-0.2, 0) is 0 Å². The van der Waals surface area contributed by atoms with Crippen LogP contribution in [0.2, 0.25) is 0 Å². The fourth-order valence-electron chi connectivity index (χ4n) is 2.06. The fourth-order valence-corrected chi connectivity index (χ4v) is 2.06. The van der Waals surface area contributed by atoms with Crippen molar-refractivity contribution in [1.82, 2.24) is 9.78 Å². The Morgan fingerprint density at radius 3 is 2.23 bits per heavy atom. The Balaban J connectivity index is 2.18. The van der Waals surface area contributed by atoms with Crippen LogP contribution in [-0.4, -0.2) is 15.7 Å². The second kappa shape index (κ2) is 6.56. The quantitative estimate of drug-likeness (QED) is 0.943. The number of carbonyl (C=O) groups excluding carboxylic acids is 1. The molecule has 1 aromatic carbocycles. The molecule has 116 valence electrons. The molecule has 0 saturated heterocycles. The van der Waals surface area contributed by atoms with Crippen molar-refractivity contribution in [1.29, 1.82) is 0 Å². The van der Waals surface area contributed by atoms with Gasteiger partial charge in [-0.25, -0.2) is 4.68 Å². The first-order chi connectivity index (χ1) is 10.4. The van der Waals surface area contributed by atoms with Gasteiger partial charge in [-0.2, -0.15) is 5.10 Å². The third-order valence-corrected chi connectivity index (χ3v) is 3.38. The minimum absolute atomic E-state index is 0.0921. The van der Waals surface area contributed by atoms with Crippen LogP contribution in [0.15, 0.2) is 41.2 Å². The molecule has 0 saturated carbocycles. The highest BCUT2D eigenvalue weighted by atomic mass is 16.2. The largest absolute Gasteiger partial charge is 0.321 e. The maximum Gasteiger partial charge on any atom is 0.276 e. The van der Waals surface area contributed by atoms with Gasteiger partial charge in [-0.05, 0) is 43.5 Å². The van der Waals surface area contributed by atoms with E-state index in [-0.39, 0.29) is 23.2 Å². The molecule has 1 amide bonds. The molecule has 0 spiro atoms. The molecule has 5 heteroatoms. The van der Waals surface area contributed by atoms with E-state index in [1.165, 1.54) is 22.4 Å². The van der Waals surface area contributed by atoms with Crippen molar-refractivity contribution in [2.24, 2.45) is 0 Å². The van der Waals surface area contributed by atoms with Gasteiger partial charge < -0.3 is 5.32 Å². The zero-order valence-corrected chi connectivity index (χ0v) is 13.3. The number of nitrogens with one attached hydrogen (secondary N) is 1. The molecule has 0 fully saturated rings.